The third-order valence-corrected chi connectivity index (χ3v) is 5.82. The second kappa shape index (κ2) is 8.57. The molecule has 8 heteroatoms. The Bertz CT molecular complexity index is 989. The zero-order valence-corrected chi connectivity index (χ0v) is 17.3. The van der Waals surface area contributed by atoms with E-state index >= 15 is 0 Å². The zero-order valence-electron chi connectivity index (χ0n) is 16.5. The predicted octanol–water partition coefficient (Wildman–Crippen LogP) is 3.77. The number of piperidine rings is 1. The fourth-order valence-corrected chi connectivity index (χ4v) is 4.15. The van der Waals surface area contributed by atoms with Crippen molar-refractivity contribution in [3.63, 3.8) is 0 Å². The van der Waals surface area contributed by atoms with Crippen LogP contribution in [0.25, 0.3) is 11.3 Å². The Kier molecular flexibility index (Phi) is 5.71. The summed E-state index contributed by atoms with van der Waals surface area (Å²) >= 11 is 1.32. The molecule has 1 aliphatic rings. The van der Waals surface area contributed by atoms with Crippen molar-refractivity contribution in [2.45, 2.75) is 19.8 Å². The van der Waals surface area contributed by atoms with Crippen LogP contribution >= 0.6 is 11.5 Å². The maximum Gasteiger partial charge on any atom is 0.229 e. The number of methoxy groups -OCH3 is 1. The van der Waals surface area contributed by atoms with Crippen LogP contribution in [-0.4, -0.2) is 40.4 Å². The van der Waals surface area contributed by atoms with Crippen molar-refractivity contribution in [2.75, 3.05) is 30.4 Å². The van der Waals surface area contributed by atoms with E-state index in [-0.39, 0.29) is 11.8 Å². The topological polar surface area (TPSA) is 80.2 Å². The van der Waals surface area contributed by atoms with Crippen LogP contribution in [0.1, 0.15) is 18.5 Å². The highest BCUT2D eigenvalue weighted by Crippen LogP contribution is 2.27. The first-order valence-corrected chi connectivity index (χ1v) is 10.4. The van der Waals surface area contributed by atoms with Gasteiger partial charge in [0.15, 0.2) is 0 Å². The minimum absolute atomic E-state index is 0.0442. The summed E-state index contributed by atoms with van der Waals surface area (Å²) in [6, 6.07) is 11.7. The summed E-state index contributed by atoms with van der Waals surface area (Å²) in [7, 11) is 1.65. The van der Waals surface area contributed by atoms with Crippen LogP contribution in [0.4, 0.5) is 10.8 Å². The Hall–Kier alpha value is -3.00. The molecule has 4 rings (SSSR count). The van der Waals surface area contributed by atoms with E-state index < -0.39 is 0 Å². The van der Waals surface area contributed by atoms with E-state index in [0.717, 1.165) is 52.9 Å². The summed E-state index contributed by atoms with van der Waals surface area (Å²) < 4.78 is 9.44. The van der Waals surface area contributed by atoms with Crippen LogP contribution in [0.15, 0.2) is 42.7 Å². The van der Waals surface area contributed by atoms with Crippen molar-refractivity contribution in [2.24, 2.45) is 5.92 Å². The average molecular weight is 410 g/mol. The molecule has 0 spiro atoms. The molecular weight excluding hydrogens is 386 g/mol. The number of carbonyl (C=O) groups excluding carboxylic acids is 1. The molecule has 0 radical (unpaired) electrons. The van der Waals surface area contributed by atoms with E-state index in [1.165, 1.54) is 11.5 Å². The summed E-state index contributed by atoms with van der Waals surface area (Å²) in [5.74, 6) is 1.62. The molecule has 29 heavy (non-hydrogen) atoms. The molecule has 1 amide bonds. The van der Waals surface area contributed by atoms with Crippen LogP contribution in [0, 0.1) is 12.8 Å². The Labute approximate surface area is 173 Å². The lowest BCUT2D eigenvalue weighted by atomic mass is 9.97. The summed E-state index contributed by atoms with van der Waals surface area (Å²) in [6.45, 7) is 3.44. The first-order valence-electron chi connectivity index (χ1n) is 9.58. The molecule has 1 N–H and O–H groups in total. The minimum Gasteiger partial charge on any atom is -0.497 e. The largest absolute Gasteiger partial charge is 0.497 e. The SMILES string of the molecule is COc1ccc(-c2cc(N3CCC[C@H](C(=O)Nc4cc(C)ns4)C3)ncn2)cc1. The van der Waals surface area contributed by atoms with E-state index in [1.807, 2.05) is 43.3 Å². The monoisotopic (exact) mass is 409 g/mol. The summed E-state index contributed by atoms with van der Waals surface area (Å²) in [4.78, 5) is 23.7. The first kappa shape index (κ1) is 19.3. The van der Waals surface area contributed by atoms with Gasteiger partial charge >= 0.3 is 0 Å². The van der Waals surface area contributed by atoms with E-state index in [4.69, 9.17) is 4.74 Å². The molecule has 0 saturated carbocycles. The lowest BCUT2D eigenvalue weighted by Crippen LogP contribution is -2.41. The van der Waals surface area contributed by atoms with Crippen molar-refractivity contribution in [3.05, 3.63) is 48.4 Å². The Morgan fingerprint density at radius 2 is 2.07 bits per heavy atom. The van der Waals surface area contributed by atoms with Crippen molar-refractivity contribution >= 4 is 28.3 Å². The number of rotatable bonds is 5. The fraction of sp³-hybridized carbons (Fsp3) is 0.333. The number of hydrogen-bond donors (Lipinski definition) is 1. The van der Waals surface area contributed by atoms with Crippen LogP contribution in [0.5, 0.6) is 5.75 Å². The van der Waals surface area contributed by atoms with Gasteiger partial charge in [-0.3, -0.25) is 4.79 Å². The number of nitrogens with zero attached hydrogens (tertiary/aromatic N) is 4. The minimum atomic E-state index is -0.0782. The van der Waals surface area contributed by atoms with Crippen molar-refractivity contribution in [3.8, 4) is 17.0 Å². The second-order valence-electron chi connectivity index (χ2n) is 7.10. The number of aromatic nitrogens is 3. The number of nitrogens with one attached hydrogen (secondary N) is 1. The lowest BCUT2D eigenvalue weighted by molar-refractivity contribution is -0.120. The first-order chi connectivity index (χ1) is 14.1. The van der Waals surface area contributed by atoms with E-state index in [9.17, 15) is 4.79 Å². The highest BCUT2D eigenvalue weighted by atomic mass is 32.1. The highest BCUT2D eigenvalue weighted by molar-refractivity contribution is 7.10. The molecule has 0 aliphatic carbocycles. The van der Waals surface area contributed by atoms with Gasteiger partial charge in [0, 0.05) is 24.7 Å². The third-order valence-electron chi connectivity index (χ3n) is 5.03. The quantitative estimate of drug-likeness (QED) is 0.691. The molecule has 150 valence electrons. The summed E-state index contributed by atoms with van der Waals surface area (Å²) in [6.07, 6.45) is 3.40. The number of hydrogen-bond acceptors (Lipinski definition) is 7. The molecule has 0 bridgehead atoms. The molecule has 7 nitrogen and oxygen atoms in total. The molecule has 1 atom stereocenters. The van der Waals surface area contributed by atoms with Crippen molar-refractivity contribution < 1.29 is 9.53 Å². The zero-order chi connectivity index (χ0) is 20.2. The molecule has 1 saturated heterocycles. The summed E-state index contributed by atoms with van der Waals surface area (Å²) in [5.41, 5.74) is 2.77. The van der Waals surface area contributed by atoms with Crippen LogP contribution in [0.3, 0.4) is 0 Å². The van der Waals surface area contributed by atoms with E-state index in [1.54, 1.807) is 13.4 Å². The van der Waals surface area contributed by atoms with Gasteiger partial charge in [-0.1, -0.05) is 0 Å². The van der Waals surface area contributed by atoms with Crippen LogP contribution in [-0.2, 0) is 4.79 Å². The van der Waals surface area contributed by atoms with Gasteiger partial charge in [-0.25, -0.2) is 9.97 Å². The smallest absolute Gasteiger partial charge is 0.229 e. The van der Waals surface area contributed by atoms with Gasteiger partial charge in [-0.2, -0.15) is 4.37 Å². The summed E-state index contributed by atoms with van der Waals surface area (Å²) in [5, 5.41) is 3.80. The maximum absolute atomic E-state index is 12.7. The molecule has 3 heterocycles. The van der Waals surface area contributed by atoms with E-state index in [2.05, 4.69) is 24.6 Å². The number of anilines is 2. The second-order valence-corrected chi connectivity index (χ2v) is 7.90. The molecule has 1 aliphatic heterocycles. The number of aryl methyl sites for hydroxylation is 1. The number of benzene rings is 1. The fourth-order valence-electron chi connectivity index (χ4n) is 3.48. The predicted molar refractivity (Wildman–Crippen MR) is 114 cm³/mol. The molecule has 2 aromatic heterocycles. The van der Waals surface area contributed by atoms with Crippen LogP contribution < -0.4 is 15.0 Å². The van der Waals surface area contributed by atoms with Gasteiger partial charge in [0.1, 0.15) is 22.9 Å². The van der Waals surface area contributed by atoms with Gasteiger partial charge in [0.05, 0.1) is 24.4 Å². The number of amides is 1. The third kappa shape index (κ3) is 4.54. The normalized spacial score (nSPS) is 16.5. The standard InChI is InChI=1S/C21H23N5O2S/c1-14-10-20(29-25-14)24-21(27)16-4-3-9-26(12-16)19-11-18(22-13-23-19)15-5-7-17(28-2)8-6-15/h5-8,10-11,13,16H,3-4,9,12H2,1-2H3,(H,24,27)/t16-/m0/s1. The molecule has 1 aromatic carbocycles. The number of ether oxygens (including phenoxy) is 1. The van der Waals surface area contributed by atoms with Gasteiger partial charge in [-0.15, -0.1) is 0 Å². The van der Waals surface area contributed by atoms with E-state index in [0.29, 0.717) is 6.54 Å². The van der Waals surface area contributed by atoms with Crippen LogP contribution in [0.2, 0.25) is 0 Å². The molecule has 1 fully saturated rings. The Balaban J connectivity index is 1.47. The Morgan fingerprint density at radius 1 is 1.24 bits per heavy atom. The highest BCUT2D eigenvalue weighted by Gasteiger charge is 2.27. The number of carbonyl (C=O) groups is 1. The van der Waals surface area contributed by atoms with Gasteiger partial charge in [-0.05, 0) is 61.6 Å². The van der Waals surface area contributed by atoms with Gasteiger partial charge in [0.2, 0.25) is 5.91 Å². The van der Waals surface area contributed by atoms with Crippen molar-refractivity contribution in [1.82, 2.24) is 14.3 Å². The molecular formula is C21H23N5O2S. The molecule has 0 unspecified atom stereocenters. The average Bonchev–Trinajstić information content (AvgIpc) is 3.18. The molecule has 3 aromatic rings. The van der Waals surface area contributed by atoms with Gasteiger partial charge < -0.3 is 15.0 Å². The van der Waals surface area contributed by atoms with Gasteiger partial charge in [0.25, 0.3) is 0 Å². The Morgan fingerprint density at radius 3 is 2.79 bits per heavy atom. The lowest BCUT2D eigenvalue weighted by Gasteiger charge is -2.32. The maximum atomic E-state index is 12.7. The van der Waals surface area contributed by atoms with Crippen molar-refractivity contribution in [1.29, 1.82) is 0 Å².